The number of aromatic nitrogens is 2. The smallest absolute Gasteiger partial charge is 0.266 e. The van der Waals surface area contributed by atoms with Gasteiger partial charge in [0.15, 0.2) is 10.4 Å². The summed E-state index contributed by atoms with van der Waals surface area (Å²) >= 11 is 8.91. The van der Waals surface area contributed by atoms with Crippen molar-refractivity contribution >= 4 is 45.7 Å². The maximum absolute atomic E-state index is 12.0. The van der Waals surface area contributed by atoms with Gasteiger partial charge in [0.05, 0.1) is 5.02 Å². The summed E-state index contributed by atoms with van der Waals surface area (Å²) in [6.45, 7) is 3.69. The highest BCUT2D eigenvalue weighted by molar-refractivity contribution is 8.01. The zero-order valence-electron chi connectivity index (χ0n) is 11.5. The SMILES string of the molecule is CCSc1nnc(NC(=O)C(C)Oc2ccccc2Cl)s1. The number of carbonyl (C=O) groups excluding carboxylic acids is 1. The van der Waals surface area contributed by atoms with Gasteiger partial charge in [-0.15, -0.1) is 10.2 Å². The molecular formula is C13H14ClN3O2S2. The molecule has 1 N–H and O–H groups in total. The second-order valence-electron chi connectivity index (χ2n) is 3.99. The first-order valence-electron chi connectivity index (χ1n) is 6.28. The Bertz CT molecular complexity index is 621. The van der Waals surface area contributed by atoms with Crippen LogP contribution < -0.4 is 10.1 Å². The monoisotopic (exact) mass is 343 g/mol. The summed E-state index contributed by atoms with van der Waals surface area (Å²) < 4.78 is 6.37. The number of para-hydroxylation sites is 1. The van der Waals surface area contributed by atoms with Gasteiger partial charge in [-0.1, -0.05) is 53.8 Å². The van der Waals surface area contributed by atoms with Crippen molar-refractivity contribution in [1.82, 2.24) is 10.2 Å². The number of hydrogen-bond acceptors (Lipinski definition) is 6. The summed E-state index contributed by atoms with van der Waals surface area (Å²) in [6, 6.07) is 7.02. The summed E-state index contributed by atoms with van der Waals surface area (Å²) in [5.74, 6) is 1.09. The van der Waals surface area contributed by atoms with Gasteiger partial charge in [0.2, 0.25) is 5.13 Å². The van der Waals surface area contributed by atoms with Gasteiger partial charge in [-0.25, -0.2) is 0 Å². The molecule has 2 rings (SSSR count). The largest absolute Gasteiger partial charge is 0.479 e. The molecule has 1 unspecified atom stereocenters. The van der Waals surface area contributed by atoms with Crippen molar-refractivity contribution in [3.63, 3.8) is 0 Å². The Hall–Kier alpha value is -1.31. The third kappa shape index (κ3) is 4.59. The normalized spacial score (nSPS) is 12.0. The van der Waals surface area contributed by atoms with E-state index in [0.29, 0.717) is 15.9 Å². The van der Waals surface area contributed by atoms with E-state index in [2.05, 4.69) is 15.5 Å². The molecule has 5 nitrogen and oxygen atoms in total. The molecule has 0 aliphatic rings. The maximum atomic E-state index is 12.0. The van der Waals surface area contributed by atoms with Gasteiger partial charge in [-0.3, -0.25) is 10.1 Å². The Morgan fingerprint density at radius 2 is 2.24 bits per heavy atom. The quantitative estimate of drug-likeness (QED) is 0.640. The number of hydrogen-bond donors (Lipinski definition) is 1. The summed E-state index contributed by atoms with van der Waals surface area (Å²) in [6.07, 6.45) is -0.684. The zero-order chi connectivity index (χ0) is 15.2. The number of amides is 1. The molecule has 1 heterocycles. The number of benzene rings is 1. The van der Waals surface area contributed by atoms with E-state index in [4.69, 9.17) is 16.3 Å². The fourth-order valence-electron chi connectivity index (χ4n) is 1.43. The first-order chi connectivity index (χ1) is 10.1. The van der Waals surface area contributed by atoms with Gasteiger partial charge in [0.25, 0.3) is 5.91 Å². The standard InChI is InChI=1S/C13H14ClN3O2S2/c1-3-20-13-17-16-12(21-13)15-11(18)8(2)19-10-7-5-4-6-9(10)14/h4-8H,3H2,1-2H3,(H,15,16,18). The van der Waals surface area contributed by atoms with E-state index in [1.54, 1.807) is 43.0 Å². The fourth-order valence-corrected chi connectivity index (χ4v) is 3.27. The van der Waals surface area contributed by atoms with Crippen molar-refractivity contribution < 1.29 is 9.53 Å². The molecule has 1 atom stereocenters. The predicted molar refractivity (Wildman–Crippen MR) is 86.5 cm³/mol. The third-order valence-electron chi connectivity index (χ3n) is 2.41. The van der Waals surface area contributed by atoms with Gasteiger partial charge in [0.1, 0.15) is 5.75 Å². The summed E-state index contributed by atoms with van der Waals surface area (Å²) in [7, 11) is 0. The molecule has 1 aromatic carbocycles. The highest BCUT2D eigenvalue weighted by Crippen LogP contribution is 2.26. The molecule has 0 fully saturated rings. The van der Waals surface area contributed by atoms with E-state index in [9.17, 15) is 4.79 Å². The molecule has 8 heteroatoms. The van der Waals surface area contributed by atoms with E-state index in [1.165, 1.54) is 11.3 Å². The zero-order valence-corrected chi connectivity index (χ0v) is 13.9. The van der Waals surface area contributed by atoms with Crippen LogP contribution in [0.3, 0.4) is 0 Å². The number of halogens is 1. The minimum absolute atomic E-state index is 0.292. The van der Waals surface area contributed by atoms with Crippen molar-refractivity contribution in [1.29, 1.82) is 0 Å². The Balaban J connectivity index is 1.94. The van der Waals surface area contributed by atoms with Gasteiger partial charge in [-0.2, -0.15) is 0 Å². The van der Waals surface area contributed by atoms with Gasteiger partial charge in [-0.05, 0) is 24.8 Å². The first kappa shape index (κ1) is 16.1. The molecular weight excluding hydrogens is 330 g/mol. The maximum Gasteiger partial charge on any atom is 0.266 e. The van der Waals surface area contributed by atoms with E-state index < -0.39 is 6.10 Å². The highest BCUT2D eigenvalue weighted by Gasteiger charge is 2.18. The lowest BCUT2D eigenvalue weighted by Crippen LogP contribution is -2.30. The average molecular weight is 344 g/mol. The van der Waals surface area contributed by atoms with Crippen molar-refractivity contribution in [2.45, 2.75) is 24.3 Å². The number of nitrogens with one attached hydrogen (secondary N) is 1. The second kappa shape index (κ2) is 7.63. The average Bonchev–Trinajstić information content (AvgIpc) is 2.89. The Morgan fingerprint density at radius 3 is 2.95 bits per heavy atom. The molecule has 2 aromatic rings. The van der Waals surface area contributed by atoms with E-state index in [-0.39, 0.29) is 5.91 Å². The molecule has 0 saturated heterocycles. The molecule has 1 amide bonds. The minimum atomic E-state index is -0.684. The lowest BCUT2D eigenvalue weighted by atomic mass is 10.3. The van der Waals surface area contributed by atoms with E-state index >= 15 is 0 Å². The fraction of sp³-hybridized carbons (Fsp3) is 0.308. The predicted octanol–water partition coefficient (Wildman–Crippen LogP) is 3.71. The van der Waals surface area contributed by atoms with Gasteiger partial charge >= 0.3 is 0 Å². The van der Waals surface area contributed by atoms with Crippen LogP contribution in [0.15, 0.2) is 28.6 Å². The van der Waals surface area contributed by atoms with Crippen LogP contribution in [0.5, 0.6) is 5.75 Å². The van der Waals surface area contributed by atoms with Crippen molar-refractivity contribution in [2.24, 2.45) is 0 Å². The molecule has 0 aliphatic heterocycles. The van der Waals surface area contributed by atoms with Crippen LogP contribution >= 0.6 is 34.7 Å². The first-order valence-corrected chi connectivity index (χ1v) is 8.46. The minimum Gasteiger partial charge on any atom is -0.479 e. The number of anilines is 1. The molecule has 21 heavy (non-hydrogen) atoms. The molecule has 0 spiro atoms. The van der Waals surface area contributed by atoms with Gasteiger partial charge in [0, 0.05) is 0 Å². The van der Waals surface area contributed by atoms with E-state index in [1.807, 2.05) is 6.92 Å². The molecule has 1 aromatic heterocycles. The Morgan fingerprint density at radius 1 is 1.48 bits per heavy atom. The molecule has 0 saturated carbocycles. The molecule has 0 bridgehead atoms. The number of nitrogens with zero attached hydrogens (tertiary/aromatic N) is 2. The molecule has 112 valence electrons. The Kier molecular flexibility index (Phi) is 5.84. The molecule has 0 aliphatic carbocycles. The van der Waals surface area contributed by atoms with Crippen LogP contribution in [-0.2, 0) is 4.79 Å². The number of carbonyl (C=O) groups is 1. The topological polar surface area (TPSA) is 64.1 Å². The van der Waals surface area contributed by atoms with Crippen LogP contribution in [0.1, 0.15) is 13.8 Å². The van der Waals surface area contributed by atoms with Crippen LogP contribution in [0.2, 0.25) is 5.02 Å². The lowest BCUT2D eigenvalue weighted by molar-refractivity contribution is -0.122. The van der Waals surface area contributed by atoms with Crippen molar-refractivity contribution in [3.8, 4) is 5.75 Å². The lowest BCUT2D eigenvalue weighted by Gasteiger charge is -2.14. The summed E-state index contributed by atoms with van der Waals surface area (Å²) in [5.41, 5.74) is 0. The Labute approximate surface area is 136 Å². The summed E-state index contributed by atoms with van der Waals surface area (Å²) in [5, 5.41) is 11.5. The highest BCUT2D eigenvalue weighted by atomic mass is 35.5. The van der Waals surface area contributed by atoms with Crippen LogP contribution in [0.4, 0.5) is 5.13 Å². The number of rotatable bonds is 6. The van der Waals surface area contributed by atoms with Gasteiger partial charge < -0.3 is 4.74 Å². The third-order valence-corrected chi connectivity index (χ3v) is 4.58. The second-order valence-corrected chi connectivity index (χ2v) is 6.88. The van der Waals surface area contributed by atoms with E-state index in [0.717, 1.165) is 10.1 Å². The van der Waals surface area contributed by atoms with Crippen LogP contribution in [0, 0.1) is 0 Å². The summed E-state index contributed by atoms with van der Waals surface area (Å²) in [4.78, 5) is 12.0. The van der Waals surface area contributed by atoms with Crippen molar-refractivity contribution in [3.05, 3.63) is 29.3 Å². The van der Waals surface area contributed by atoms with Crippen LogP contribution in [-0.4, -0.2) is 28.0 Å². The number of thioether (sulfide) groups is 1. The molecule has 0 radical (unpaired) electrons. The van der Waals surface area contributed by atoms with Crippen LogP contribution in [0.25, 0.3) is 0 Å². The van der Waals surface area contributed by atoms with Crippen molar-refractivity contribution in [2.75, 3.05) is 11.1 Å². The number of ether oxygens (including phenoxy) is 1.